The van der Waals surface area contributed by atoms with Crippen LogP contribution in [0.15, 0.2) is 66.3 Å². The molecule has 0 bridgehead atoms. The highest BCUT2D eigenvalue weighted by Gasteiger charge is 2.25. The average molecular weight is 431 g/mol. The average Bonchev–Trinajstić information content (AvgIpc) is 3.35. The molecule has 0 unspecified atom stereocenters. The standard InChI is InChI=1S/C24H26N6S/c1-29-11-13-30(14-12-29)21(22-9-5-15-31-22)17-26-24-19-7-2-3-8-20(19)27-23(28-24)18-6-4-10-25-16-18/h2-10,15-16,21H,11-14,17H2,1H3,(H,26,27,28)/t21-/m0/s1. The maximum Gasteiger partial charge on any atom is 0.163 e. The smallest absolute Gasteiger partial charge is 0.163 e. The Kier molecular flexibility index (Phi) is 5.88. The Morgan fingerprint density at radius 3 is 2.65 bits per heavy atom. The van der Waals surface area contributed by atoms with Gasteiger partial charge in [0.25, 0.3) is 0 Å². The van der Waals surface area contributed by atoms with Crippen LogP contribution < -0.4 is 5.32 Å². The summed E-state index contributed by atoms with van der Waals surface area (Å²) >= 11 is 1.83. The molecule has 31 heavy (non-hydrogen) atoms. The van der Waals surface area contributed by atoms with Crippen molar-refractivity contribution in [3.05, 3.63) is 71.2 Å². The summed E-state index contributed by atoms with van der Waals surface area (Å²) < 4.78 is 0. The molecule has 158 valence electrons. The summed E-state index contributed by atoms with van der Waals surface area (Å²) in [5, 5.41) is 6.88. The first kappa shape index (κ1) is 20.1. The number of benzene rings is 1. The second-order valence-electron chi connectivity index (χ2n) is 7.91. The predicted octanol–water partition coefficient (Wildman–Crippen LogP) is 4.15. The summed E-state index contributed by atoms with van der Waals surface area (Å²) in [6.07, 6.45) is 3.58. The van der Waals surface area contributed by atoms with Gasteiger partial charge in [-0.05, 0) is 42.8 Å². The zero-order valence-corrected chi connectivity index (χ0v) is 18.4. The van der Waals surface area contributed by atoms with Gasteiger partial charge < -0.3 is 10.2 Å². The SMILES string of the molecule is CN1CCN([C@@H](CNc2nc(-c3cccnc3)nc3ccccc23)c2cccs2)CC1. The molecule has 0 spiro atoms. The lowest BCUT2D eigenvalue weighted by Gasteiger charge is -2.37. The van der Waals surface area contributed by atoms with E-state index >= 15 is 0 Å². The zero-order chi connectivity index (χ0) is 21.0. The van der Waals surface area contributed by atoms with E-state index in [-0.39, 0.29) is 0 Å². The molecular formula is C24H26N6S. The monoisotopic (exact) mass is 430 g/mol. The molecule has 3 aromatic heterocycles. The van der Waals surface area contributed by atoms with Crippen molar-refractivity contribution in [3.63, 3.8) is 0 Å². The van der Waals surface area contributed by atoms with Crippen molar-refractivity contribution in [2.75, 3.05) is 45.1 Å². The second-order valence-corrected chi connectivity index (χ2v) is 8.89. The molecular weight excluding hydrogens is 404 g/mol. The van der Waals surface area contributed by atoms with Crippen molar-refractivity contribution in [2.45, 2.75) is 6.04 Å². The molecule has 1 aliphatic rings. The number of nitrogens with zero attached hydrogens (tertiary/aromatic N) is 5. The first-order chi connectivity index (χ1) is 15.3. The third kappa shape index (κ3) is 4.44. The highest BCUT2D eigenvalue weighted by molar-refractivity contribution is 7.10. The Balaban J connectivity index is 1.46. The van der Waals surface area contributed by atoms with E-state index in [1.54, 1.807) is 6.20 Å². The van der Waals surface area contributed by atoms with E-state index < -0.39 is 0 Å². The molecule has 0 saturated carbocycles. The third-order valence-corrected chi connectivity index (χ3v) is 6.81. The van der Waals surface area contributed by atoms with Gasteiger partial charge in [-0.25, -0.2) is 9.97 Å². The van der Waals surface area contributed by atoms with Gasteiger partial charge >= 0.3 is 0 Å². The van der Waals surface area contributed by atoms with Crippen LogP contribution in [0.5, 0.6) is 0 Å². The van der Waals surface area contributed by atoms with Crippen LogP contribution in [0.3, 0.4) is 0 Å². The molecule has 4 aromatic rings. The summed E-state index contributed by atoms with van der Waals surface area (Å²) in [6, 6.07) is 16.8. The third-order valence-electron chi connectivity index (χ3n) is 5.84. The molecule has 1 N–H and O–H groups in total. The molecule has 6 nitrogen and oxygen atoms in total. The van der Waals surface area contributed by atoms with Crippen LogP contribution in [-0.2, 0) is 0 Å². The van der Waals surface area contributed by atoms with E-state index in [1.165, 1.54) is 4.88 Å². The Labute approximate surface area is 186 Å². The van der Waals surface area contributed by atoms with Gasteiger partial charge in [0.1, 0.15) is 5.82 Å². The van der Waals surface area contributed by atoms with Crippen molar-refractivity contribution in [1.82, 2.24) is 24.8 Å². The Morgan fingerprint density at radius 1 is 1.00 bits per heavy atom. The number of hydrogen-bond acceptors (Lipinski definition) is 7. The van der Waals surface area contributed by atoms with Crippen LogP contribution in [0, 0.1) is 0 Å². The number of fused-ring (bicyclic) bond motifs is 1. The van der Waals surface area contributed by atoms with Crippen molar-refractivity contribution in [2.24, 2.45) is 0 Å². The van der Waals surface area contributed by atoms with Crippen molar-refractivity contribution < 1.29 is 0 Å². The molecule has 1 fully saturated rings. The van der Waals surface area contributed by atoms with E-state index in [0.29, 0.717) is 11.9 Å². The van der Waals surface area contributed by atoms with Crippen LogP contribution >= 0.6 is 11.3 Å². The fraction of sp³-hybridized carbons (Fsp3) is 0.292. The minimum Gasteiger partial charge on any atom is -0.367 e. The van der Waals surface area contributed by atoms with Crippen LogP contribution in [-0.4, -0.2) is 64.5 Å². The number of likely N-dealkylation sites (N-methyl/N-ethyl adjacent to an activating group) is 1. The lowest BCUT2D eigenvalue weighted by Crippen LogP contribution is -2.47. The lowest BCUT2D eigenvalue weighted by atomic mass is 10.1. The van der Waals surface area contributed by atoms with E-state index in [4.69, 9.17) is 9.97 Å². The van der Waals surface area contributed by atoms with Gasteiger partial charge in [-0.1, -0.05) is 18.2 Å². The van der Waals surface area contributed by atoms with E-state index in [2.05, 4.69) is 50.7 Å². The Bertz CT molecular complexity index is 1120. The van der Waals surface area contributed by atoms with Crippen LogP contribution in [0.1, 0.15) is 10.9 Å². The summed E-state index contributed by atoms with van der Waals surface area (Å²) in [5.74, 6) is 1.57. The molecule has 5 rings (SSSR count). The molecule has 0 aliphatic carbocycles. The molecule has 0 radical (unpaired) electrons. The topological polar surface area (TPSA) is 57.2 Å². The van der Waals surface area contributed by atoms with Crippen molar-refractivity contribution in [3.8, 4) is 11.4 Å². The number of para-hydroxylation sites is 1. The van der Waals surface area contributed by atoms with Gasteiger partial charge in [0.15, 0.2) is 5.82 Å². The molecule has 1 saturated heterocycles. The minimum atomic E-state index is 0.323. The normalized spacial score (nSPS) is 16.4. The number of nitrogens with one attached hydrogen (secondary N) is 1. The van der Waals surface area contributed by atoms with Crippen molar-refractivity contribution >= 4 is 28.1 Å². The summed E-state index contributed by atoms with van der Waals surface area (Å²) in [4.78, 5) is 20.3. The van der Waals surface area contributed by atoms with Crippen LogP contribution in [0.4, 0.5) is 5.82 Å². The number of piperazine rings is 1. The highest BCUT2D eigenvalue weighted by atomic mass is 32.1. The van der Waals surface area contributed by atoms with Crippen molar-refractivity contribution in [1.29, 1.82) is 0 Å². The molecule has 0 amide bonds. The highest BCUT2D eigenvalue weighted by Crippen LogP contribution is 2.29. The van der Waals surface area contributed by atoms with Gasteiger partial charge in [0, 0.05) is 60.9 Å². The Morgan fingerprint density at radius 2 is 1.87 bits per heavy atom. The predicted molar refractivity (Wildman–Crippen MR) is 127 cm³/mol. The summed E-state index contributed by atoms with van der Waals surface area (Å²) in [5.41, 5.74) is 1.86. The minimum absolute atomic E-state index is 0.323. The fourth-order valence-corrected chi connectivity index (χ4v) is 4.91. The van der Waals surface area contributed by atoms with Gasteiger partial charge in [-0.15, -0.1) is 11.3 Å². The first-order valence-electron chi connectivity index (χ1n) is 10.6. The quantitative estimate of drug-likeness (QED) is 0.496. The maximum atomic E-state index is 4.90. The molecule has 7 heteroatoms. The number of thiophene rings is 1. The largest absolute Gasteiger partial charge is 0.367 e. The molecule has 1 aliphatic heterocycles. The van der Waals surface area contributed by atoms with E-state index in [9.17, 15) is 0 Å². The van der Waals surface area contributed by atoms with Gasteiger partial charge in [-0.2, -0.15) is 0 Å². The zero-order valence-electron chi connectivity index (χ0n) is 17.6. The molecule has 1 atom stereocenters. The Hall–Kier alpha value is -2.87. The molecule has 1 aromatic carbocycles. The van der Waals surface area contributed by atoms with Gasteiger partial charge in [0.2, 0.25) is 0 Å². The van der Waals surface area contributed by atoms with E-state index in [1.807, 2.05) is 47.9 Å². The number of aromatic nitrogens is 3. The summed E-state index contributed by atoms with van der Waals surface area (Å²) in [7, 11) is 2.20. The maximum absolute atomic E-state index is 4.90. The second kappa shape index (κ2) is 9.09. The number of anilines is 1. The van der Waals surface area contributed by atoms with Crippen LogP contribution in [0.2, 0.25) is 0 Å². The van der Waals surface area contributed by atoms with E-state index in [0.717, 1.165) is 55.0 Å². The van der Waals surface area contributed by atoms with Gasteiger partial charge in [0.05, 0.1) is 11.6 Å². The van der Waals surface area contributed by atoms with Crippen LogP contribution in [0.25, 0.3) is 22.3 Å². The molecule has 4 heterocycles. The summed E-state index contributed by atoms with van der Waals surface area (Å²) in [6.45, 7) is 5.16. The van der Waals surface area contributed by atoms with Gasteiger partial charge in [-0.3, -0.25) is 9.88 Å². The first-order valence-corrected chi connectivity index (χ1v) is 11.5. The number of rotatable bonds is 6. The fourth-order valence-electron chi connectivity index (χ4n) is 4.05. The number of pyridine rings is 1. The lowest BCUT2D eigenvalue weighted by molar-refractivity contribution is 0.118. The number of hydrogen-bond donors (Lipinski definition) is 1.